The molecule has 0 fully saturated rings. The average molecular weight is 297 g/mol. The zero-order valence-corrected chi connectivity index (χ0v) is 11.2. The Kier molecular flexibility index (Phi) is 3.78. The van der Waals surface area contributed by atoms with Crippen LogP contribution in [-0.4, -0.2) is 21.7 Å². The van der Waals surface area contributed by atoms with Gasteiger partial charge < -0.3 is 5.11 Å². The highest BCUT2D eigenvalue weighted by atomic mass is 35.5. The Balaban J connectivity index is 2.40. The fourth-order valence-electron chi connectivity index (χ4n) is 1.92. The van der Waals surface area contributed by atoms with E-state index in [9.17, 15) is 14.7 Å². The summed E-state index contributed by atoms with van der Waals surface area (Å²) in [4.78, 5) is 22.0. The van der Waals surface area contributed by atoms with Crippen molar-refractivity contribution in [2.45, 2.75) is 4.87 Å². The van der Waals surface area contributed by atoms with Gasteiger partial charge in [-0.3, -0.25) is 9.59 Å². The molecule has 0 spiro atoms. The summed E-state index contributed by atoms with van der Waals surface area (Å²) in [5.41, 5.74) is 0.325. The molecule has 0 amide bonds. The van der Waals surface area contributed by atoms with Crippen molar-refractivity contribution >= 4 is 35.0 Å². The number of aliphatic carboxylic acids is 1. The number of carboxylic acids is 1. The first kappa shape index (κ1) is 13.8. The zero-order chi connectivity index (χ0) is 14.0. The molecule has 0 radical (unpaired) electrons. The van der Waals surface area contributed by atoms with E-state index in [1.807, 2.05) is 0 Å². The molecule has 1 aromatic carbocycles. The van der Waals surface area contributed by atoms with Crippen LogP contribution < -0.4 is 0 Å². The van der Waals surface area contributed by atoms with Gasteiger partial charge in [-0.2, -0.15) is 0 Å². The van der Waals surface area contributed by atoms with Crippen LogP contribution in [0.5, 0.6) is 0 Å². The maximum Gasteiger partial charge on any atom is 0.312 e. The number of ketones is 1. The van der Waals surface area contributed by atoms with Crippen LogP contribution in [-0.2, 0) is 4.79 Å². The Bertz CT molecular complexity index is 575. The van der Waals surface area contributed by atoms with Crippen molar-refractivity contribution in [2.75, 3.05) is 0 Å². The van der Waals surface area contributed by atoms with Gasteiger partial charge in [0.1, 0.15) is 10.8 Å². The molecule has 0 saturated carbocycles. The second-order valence-corrected chi connectivity index (χ2v) is 5.23. The molecule has 3 nitrogen and oxygen atoms in total. The minimum Gasteiger partial charge on any atom is -0.481 e. The van der Waals surface area contributed by atoms with E-state index in [2.05, 4.69) is 0 Å². The van der Waals surface area contributed by atoms with Crippen molar-refractivity contribution in [3.05, 3.63) is 59.2 Å². The summed E-state index contributed by atoms with van der Waals surface area (Å²) >= 11 is 12.0. The van der Waals surface area contributed by atoms with Crippen LogP contribution in [0.2, 0.25) is 5.02 Å². The zero-order valence-electron chi connectivity index (χ0n) is 9.72. The topological polar surface area (TPSA) is 54.4 Å². The number of carbonyl (C=O) groups is 2. The number of allylic oxidation sites excluding steroid dienone is 3. The van der Waals surface area contributed by atoms with Crippen LogP contribution in [0.25, 0.3) is 0 Å². The lowest BCUT2D eigenvalue weighted by molar-refractivity contribution is -0.140. The monoisotopic (exact) mass is 296 g/mol. The summed E-state index contributed by atoms with van der Waals surface area (Å²) in [5.74, 6) is -2.70. The molecule has 1 N–H and O–H groups in total. The summed E-state index contributed by atoms with van der Waals surface area (Å²) in [6.07, 6.45) is 5.95. The number of hydrogen-bond acceptors (Lipinski definition) is 2. The second kappa shape index (κ2) is 5.19. The molecule has 19 heavy (non-hydrogen) atoms. The van der Waals surface area contributed by atoms with E-state index in [1.54, 1.807) is 24.3 Å². The summed E-state index contributed by atoms with van der Waals surface area (Å²) < 4.78 is 0. The predicted molar refractivity (Wildman–Crippen MR) is 73.8 cm³/mol. The molecule has 98 valence electrons. The predicted octanol–water partition coefficient (Wildman–Crippen LogP) is 3.33. The molecule has 0 heterocycles. The first-order valence-electron chi connectivity index (χ1n) is 5.53. The Morgan fingerprint density at radius 3 is 2.37 bits per heavy atom. The van der Waals surface area contributed by atoms with Gasteiger partial charge >= 0.3 is 5.97 Å². The van der Waals surface area contributed by atoms with Crippen LogP contribution in [0.1, 0.15) is 10.4 Å². The van der Waals surface area contributed by atoms with Gasteiger partial charge in [-0.15, -0.1) is 11.6 Å². The first-order valence-corrected chi connectivity index (χ1v) is 6.29. The number of carbonyl (C=O) groups excluding carboxylic acids is 1. The lowest BCUT2D eigenvalue weighted by atomic mass is 9.82. The summed E-state index contributed by atoms with van der Waals surface area (Å²) in [6, 6.07) is 6.18. The van der Waals surface area contributed by atoms with E-state index < -0.39 is 22.5 Å². The Morgan fingerprint density at radius 1 is 1.16 bits per heavy atom. The smallest absolute Gasteiger partial charge is 0.312 e. The molecule has 0 aliphatic heterocycles. The minimum absolute atomic E-state index is 0.325. The van der Waals surface area contributed by atoms with Crippen molar-refractivity contribution < 1.29 is 14.7 Å². The van der Waals surface area contributed by atoms with E-state index in [-0.39, 0.29) is 0 Å². The van der Waals surface area contributed by atoms with Crippen molar-refractivity contribution in [1.82, 2.24) is 0 Å². The molecule has 1 aliphatic carbocycles. The van der Waals surface area contributed by atoms with Gasteiger partial charge in [-0.05, 0) is 24.3 Å². The number of hydrogen-bond donors (Lipinski definition) is 1. The minimum atomic E-state index is -1.60. The summed E-state index contributed by atoms with van der Waals surface area (Å²) in [5, 5.41) is 9.67. The van der Waals surface area contributed by atoms with Gasteiger partial charge in [-0.25, -0.2) is 0 Å². The lowest BCUT2D eigenvalue weighted by Crippen LogP contribution is -2.43. The van der Waals surface area contributed by atoms with E-state index >= 15 is 0 Å². The first-order chi connectivity index (χ1) is 8.95. The SMILES string of the molecule is O=C(O)C1C=CC=CC1(Cl)C(=O)c1ccc(Cl)cc1. The van der Waals surface area contributed by atoms with Gasteiger partial charge in [0.2, 0.25) is 0 Å². The largest absolute Gasteiger partial charge is 0.481 e. The molecule has 2 atom stereocenters. The van der Waals surface area contributed by atoms with E-state index in [0.717, 1.165) is 0 Å². The fraction of sp³-hybridized carbons (Fsp3) is 0.143. The van der Waals surface area contributed by atoms with E-state index in [4.69, 9.17) is 23.2 Å². The molecule has 0 aromatic heterocycles. The third-order valence-electron chi connectivity index (χ3n) is 2.93. The van der Waals surface area contributed by atoms with Gasteiger partial charge in [-0.1, -0.05) is 35.9 Å². The van der Waals surface area contributed by atoms with Crippen molar-refractivity contribution in [2.24, 2.45) is 5.92 Å². The van der Waals surface area contributed by atoms with Crippen LogP contribution in [0, 0.1) is 5.92 Å². The van der Waals surface area contributed by atoms with E-state index in [1.165, 1.54) is 24.3 Å². The van der Waals surface area contributed by atoms with Crippen molar-refractivity contribution in [3.63, 3.8) is 0 Å². The molecule has 5 heteroatoms. The lowest BCUT2D eigenvalue weighted by Gasteiger charge is -2.28. The summed E-state index contributed by atoms with van der Waals surface area (Å²) in [6.45, 7) is 0. The van der Waals surface area contributed by atoms with Crippen LogP contribution in [0.3, 0.4) is 0 Å². The number of alkyl halides is 1. The van der Waals surface area contributed by atoms with Crippen LogP contribution in [0.4, 0.5) is 0 Å². The van der Waals surface area contributed by atoms with Gasteiger partial charge in [0.05, 0.1) is 0 Å². The quantitative estimate of drug-likeness (QED) is 0.687. The number of benzene rings is 1. The highest BCUT2D eigenvalue weighted by molar-refractivity contribution is 6.41. The third-order valence-corrected chi connectivity index (χ3v) is 3.71. The molecular formula is C14H10Cl2O3. The Labute approximate surface area is 120 Å². The molecule has 2 unspecified atom stereocenters. The number of carboxylic acid groups (broad SMARTS) is 1. The third kappa shape index (κ3) is 2.57. The second-order valence-electron chi connectivity index (χ2n) is 4.16. The van der Waals surface area contributed by atoms with E-state index in [0.29, 0.717) is 10.6 Å². The number of rotatable bonds is 3. The van der Waals surface area contributed by atoms with Gasteiger partial charge in [0.15, 0.2) is 5.78 Å². The van der Waals surface area contributed by atoms with Crippen LogP contribution in [0.15, 0.2) is 48.6 Å². The average Bonchev–Trinajstić information content (AvgIpc) is 2.39. The molecule has 1 aromatic rings. The van der Waals surface area contributed by atoms with Crippen LogP contribution >= 0.6 is 23.2 Å². The normalized spacial score (nSPS) is 25.3. The molecule has 0 saturated heterocycles. The Morgan fingerprint density at radius 2 is 1.79 bits per heavy atom. The fourth-order valence-corrected chi connectivity index (χ4v) is 2.39. The van der Waals surface area contributed by atoms with Crippen molar-refractivity contribution in [3.8, 4) is 0 Å². The highest BCUT2D eigenvalue weighted by Gasteiger charge is 2.45. The molecule has 2 rings (SSSR count). The molecule has 1 aliphatic rings. The number of Topliss-reactive ketones (excluding diaryl/α,β-unsaturated/α-hetero) is 1. The molecular weight excluding hydrogens is 287 g/mol. The summed E-state index contributed by atoms with van der Waals surface area (Å²) in [7, 11) is 0. The highest BCUT2D eigenvalue weighted by Crippen LogP contribution is 2.35. The standard InChI is InChI=1S/C14H10Cl2O3/c15-10-6-4-9(5-7-10)12(17)14(16)8-2-1-3-11(14)13(18)19/h1-8,11H,(H,18,19). The maximum atomic E-state index is 12.4. The van der Waals surface area contributed by atoms with Gasteiger partial charge in [0, 0.05) is 10.6 Å². The Hall–Kier alpha value is -1.58. The number of halogens is 2. The maximum absolute atomic E-state index is 12.4. The molecule has 0 bridgehead atoms. The van der Waals surface area contributed by atoms with Crippen molar-refractivity contribution in [1.29, 1.82) is 0 Å². The van der Waals surface area contributed by atoms with Gasteiger partial charge in [0.25, 0.3) is 0 Å².